The van der Waals surface area contributed by atoms with Crippen LogP contribution in [0.2, 0.25) is 0 Å². The Labute approximate surface area is 119 Å². The minimum absolute atomic E-state index is 0.860. The third-order valence-corrected chi connectivity index (χ3v) is 5.16. The molecule has 0 bridgehead atoms. The third kappa shape index (κ3) is 4.73. The maximum Gasteiger partial charge on any atom is 0.0223 e. The lowest BCUT2D eigenvalue weighted by Crippen LogP contribution is -2.54. The van der Waals surface area contributed by atoms with Gasteiger partial charge >= 0.3 is 0 Å². The van der Waals surface area contributed by atoms with Crippen molar-refractivity contribution in [3.05, 3.63) is 0 Å². The molecule has 0 aromatic heterocycles. The van der Waals surface area contributed by atoms with Gasteiger partial charge < -0.3 is 10.6 Å². The Morgan fingerprint density at radius 2 is 2.05 bits per heavy atom. The standard InChI is InChI=1S/C16H33N3/c1-2-15(8-9-17)6-5-10-18-12-13-19-11-4-3-7-16(19)14-18/h15-16H,2-14,17H2,1H3. The van der Waals surface area contributed by atoms with E-state index in [9.17, 15) is 0 Å². The number of hydrogen-bond acceptors (Lipinski definition) is 3. The predicted octanol–water partition coefficient (Wildman–Crippen LogP) is 2.31. The molecule has 2 heterocycles. The van der Waals surface area contributed by atoms with Crippen molar-refractivity contribution in [1.82, 2.24) is 9.80 Å². The van der Waals surface area contributed by atoms with Crippen molar-refractivity contribution < 1.29 is 0 Å². The quantitative estimate of drug-likeness (QED) is 0.768. The molecule has 0 aromatic carbocycles. The van der Waals surface area contributed by atoms with Crippen LogP contribution in [0.5, 0.6) is 0 Å². The van der Waals surface area contributed by atoms with Crippen molar-refractivity contribution in [2.75, 3.05) is 39.3 Å². The first-order valence-corrected chi connectivity index (χ1v) is 8.50. The van der Waals surface area contributed by atoms with Gasteiger partial charge in [-0.3, -0.25) is 4.90 Å². The molecule has 2 rings (SSSR count). The summed E-state index contributed by atoms with van der Waals surface area (Å²) in [6.45, 7) is 9.77. The average molecular weight is 267 g/mol. The van der Waals surface area contributed by atoms with E-state index in [-0.39, 0.29) is 0 Å². The molecular formula is C16H33N3. The summed E-state index contributed by atoms with van der Waals surface area (Å²) in [6, 6.07) is 0.869. The highest BCUT2D eigenvalue weighted by molar-refractivity contribution is 4.85. The topological polar surface area (TPSA) is 32.5 Å². The Morgan fingerprint density at radius 1 is 1.16 bits per heavy atom. The van der Waals surface area contributed by atoms with Crippen LogP contribution in [0.1, 0.15) is 51.9 Å². The van der Waals surface area contributed by atoms with Gasteiger partial charge in [-0.1, -0.05) is 19.8 Å². The Kier molecular flexibility index (Phi) is 6.62. The van der Waals surface area contributed by atoms with E-state index in [1.165, 1.54) is 77.7 Å². The second-order valence-electron chi connectivity index (χ2n) is 6.48. The van der Waals surface area contributed by atoms with Gasteiger partial charge in [0.2, 0.25) is 0 Å². The lowest BCUT2D eigenvalue weighted by atomic mass is 9.96. The molecule has 112 valence electrons. The average Bonchev–Trinajstić information content (AvgIpc) is 2.46. The Morgan fingerprint density at radius 3 is 2.84 bits per heavy atom. The van der Waals surface area contributed by atoms with Crippen LogP contribution in [-0.4, -0.2) is 55.1 Å². The van der Waals surface area contributed by atoms with Crippen LogP contribution >= 0.6 is 0 Å². The summed E-state index contributed by atoms with van der Waals surface area (Å²) in [6.07, 6.45) is 9.56. The van der Waals surface area contributed by atoms with E-state index in [1.807, 2.05) is 0 Å². The maximum atomic E-state index is 5.68. The number of fused-ring (bicyclic) bond motifs is 1. The molecule has 19 heavy (non-hydrogen) atoms. The van der Waals surface area contributed by atoms with Crippen LogP contribution in [0.15, 0.2) is 0 Å². The SMILES string of the molecule is CCC(CCN)CCCN1CCN2CCCCC2C1. The zero-order valence-corrected chi connectivity index (χ0v) is 12.8. The summed E-state index contributed by atoms with van der Waals surface area (Å²) >= 11 is 0. The second kappa shape index (κ2) is 8.23. The maximum absolute atomic E-state index is 5.68. The van der Waals surface area contributed by atoms with Gasteiger partial charge in [-0.15, -0.1) is 0 Å². The van der Waals surface area contributed by atoms with E-state index >= 15 is 0 Å². The number of rotatable bonds is 7. The van der Waals surface area contributed by atoms with Gasteiger partial charge in [0.15, 0.2) is 0 Å². The van der Waals surface area contributed by atoms with Crippen molar-refractivity contribution in [2.45, 2.75) is 57.9 Å². The van der Waals surface area contributed by atoms with Gasteiger partial charge in [-0.2, -0.15) is 0 Å². The predicted molar refractivity (Wildman–Crippen MR) is 82.3 cm³/mol. The molecule has 3 heteroatoms. The molecule has 3 nitrogen and oxygen atoms in total. The Hall–Kier alpha value is -0.120. The molecule has 2 fully saturated rings. The van der Waals surface area contributed by atoms with Gasteiger partial charge in [-0.25, -0.2) is 0 Å². The van der Waals surface area contributed by atoms with E-state index < -0.39 is 0 Å². The normalized spacial score (nSPS) is 27.2. The van der Waals surface area contributed by atoms with Crippen LogP contribution in [0.25, 0.3) is 0 Å². The summed E-state index contributed by atoms with van der Waals surface area (Å²) in [7, 11) is 0. The number of piperidine rings is 1. The fraction of sp³-hybridized carbons (Fsp3) is 1.00. The van der Waals surface area contributed by atoms with E-state index in [0.717, 1.165) is 18.5 Å². The van der Waals surface area contributed by atoms with Crippen molar-refractivity contribution in [3.8, 4) is 0 Å². The van der Waals surface area contributed by atoms with E-state index in [4.69, 9.17) is 5.73 Å². The van der Waals surface area contributed by atoms with E-state index in [1.54, 1.807) is 0 Å². The molecule has 2 aliphatic rings. The van der Waals surface area contributed by atoms with Gasteiger partial charge in [0, 0.05) is 25.7 Å². The molecule has 2 aliphatic heterocycles. The summed E-state index contributed by atoms with van der Waals surface area (Å²) in [5, 5.41) is 0. The monoisotopic (exact) mass is 267 g/mol. The second-order valence-corrected chi connectivity index (χ2v) is 6.48. The summed E-state index contributed by atoms with van der Waals surface area (Å²) in [4.78, 5) is 5.44. The molecule has 0 aliphatic carbocycles. The van der Waals surface area contributed by atoms with Gasteiger partial charge in [0.1, 0.15) is 0 Å². The fourth-order valence-electron chi connectivity index (χ4n) is 3.82. The highest BCUT2D eigenvalue weighted by Crippen LogP contribution is 2.22. The van der Waals surface area contributed by atoms with Crippen molar-refractivity contribution in [1.29, 1.82) is 0 Å². The van der Waals surface area contributed by atoms with Crippen LogP contribution in [0.3, 0.4) is 0 Å². The molecule has 0 spiro atoms. The number of hydrogen-bond donors (Lipinski definition) is 1. The lowest BCUT2D eigenvalue weighted by Gasteiger charge is -2.44. The number of nitrogens with two attached hydrogens (primary N) is 1. The highest BCUT2D eigenvalue weighted by Gasteiger charge is 2.28. The molecule has 2 unspecified atom stereocenters. The number of piperazine rings is 1. The molecule has 0 amide bonds. The first kappa shape index (κ1) is 15.3. The van der Waals surface area contributed by atoms with E-state index in [0.29, 0.717) is 0 Å². The van der Waals surface area contributed by atoms with Gasteiger partial charge in [-0.05, 0) is 57.7 Å². The molecule has 2 N–H and O–H groups in total. The van der Waals surface area contributed by atoms with Gasteiger partial charge in [0.05, 0.1) is 0 Å². The Bertz CT molecular complexity index is 244. The fourth-order valence-corrected chi connectivity index (χ4v) is 3.82. The Balaban J connectivity index is 1.63. The highest BCUT2D eigenvalue weighted by atomic mass is 15.3. The van der Waals surface area contributed by atoms with Crippen LogP contribution < -0.4 is 5.73 Å². The molecule has 2 atom stereocenters. The third-order valence-electron chi connectivity index (χ3n) is 5.16. The molecular weight excluding hydrogens is 234 g/mol. The summed E-state index contributed by atoms with van der Waals surface area (Å²) in [5.74, 6) is 0.862. The minimum atomic E-state index is 0.860. The molecule has 2 saturated heterocycles. The lowest BCUT2D eigenvalue weighted by molar-refractivity contribution is 0.0481. The molecule has 0 aromatic rings. The van der Waals surface area contributed by atoms with Gasteiger partial charge in [0.25, 0.3) is 0 Å². The number of nitrogens with zero attached hydrogens (tertiary/aromatic N) is 2. The first-order valence-electron chi connectivity index (χ1n) is 8.50. The minimum Gasteiger partial charge on any atom is -0.330 e. The van der Waals surface area contributed by atoms with Crippen molar-refractivity contribution >= 4 is 0 Å². The van der Waals surface area contributed by atoms with Crippen LogP contribution in [-0.2, 0) is 0 Å². The summed E-state index contributed by atoms with van der Waals surface area (Å²) < 4.78 is 0. The smallest absolute Gasteiger partial charge is 0.0223 e. The molecule has 0 radical (unpaired) electrons. The molecule has 0 saturated carbocycles. The zero-order chi connectivity index (χ0) is 13.5. The van der Waals surface area contributed by atoms with Crippen molar-refractivity contribution in [2.24, 2.45) is 11.7 Å². The van der Waals surface area contributed by atoms with Crippen LogP contribution in [0.4, 0.5) is 0 Å². The zero-order valence-electron chi connectivity index (χ0n) is 12.8. The van der Waals surface area contributed by atoms with Crippen LogP contribution in [0, 0.1) is 5.92 Å². The van der Waals surface area contributed by atoms with E-state index in [2.05, 4.69) is 16.7 Å². The van der Waals surface area contributed by atoms with Crippen molar-refractivity contribution in [3.63, 3.8) is 0 Å². The summed E-state index contributed by atoms with van der Waals surface area (Å²) in [5.41, 5.74) is 5.68. The largest absolute Gasteiger partial charge is 0.330 e. The first-order chi connectivity index (χ1) is 9.33.